The van der Waals surface area contributed by atoms with Crippen molar-refractivity contribution in [1.82, 2.24) is 5.32 Å². The largest absolute Gasteiger partial charge is 0.481 e. The molecule has 4 fully saturated rings. The predicted octanol–water partition coefficient (Wildman–Crippen LogP) is 4.59. The molecule has 7 heteroatoms. The third-order valence-electron chi connectivity index (χ3n) is 11.0. The average molecular weight is 494 g/mol. The molecule has 0 bridgehead atoms. The summed E-state index contributed by atoms with van der Waals surface area (Å²) >= 11 is 0. The van der Waals surface area contributed by atoms with Crippen LogP contribution < -0.4 is 5.32 Å². The van der Waals surface area contributed by atoms with Crippen molar-refractivity contribution in [3.05, 3.63) is 0 Å². The second kappa shape index (κ2) is 9.85. The zero-order valence-corrected chi connectivity index (χ0v) is 22.2. The SMILES string of the molecule is CC(C)NC(=O)O[C@@H]1CC[C@@]2(C)[C@@H](C1)C[C@@H](O)[C@@H]1[C@@H]2C[C@H](O)[C@]2(C)[C@@H]([C@H](C)CCC(=O)O)CC[C@@H]12. The Morgan fingerprint density at radius 1 is 1.03 bits per heavy atom. The van der Waals surface area contributed by atoms with Gasteiger partial charge in [0.25, 0.3) is 0 Å². The molecule has 4 rings (SSSR count). The Kier molecular flexibility index (Phi) is 7.52. The van der Waals surface area contributed by atoms with Crippen molar-refractivity contribution in [2.75, 3.05) is 0 Å². The summed E-state index contributed by atoms with van der Waals surface area (Å²) in [5, 5.41) is 35.1. The maximum atomic E-state index is 12.2. The number of ether oxygens (including phenoxy) is 1. The van der Waals surface area contributed by atoms with E-state index < -0.39 is 18.2 Å². The summed E-state index contributed by atoms with van der Waals surface area (Å²) in [5.41, 5.74) is -0.258. The van der Waals surface area contributed by atoms with E-state index in [4.69, 9.17) is 4.74 Å². The number of nitrogens with one attached hydrogen (secondary N) is 1. The Labute approximate surface area is 210 Å². The molecule has 4 aliphatic carbocycles. The van der Waals surface area contributed by atoms with Crippen molar-refractivity contribution < 1.29 is 29.6 Å². The van der Waals surface area contributed by atoms with Crippen molar-refractivity contribution in [2.24, 2.45) is 46.3 Å². The summed E-state index contributed by atoms with van der Waals surface area (Å²) in [6.07, 6.45) is 5.42. The molecule has 0 aromatic heterocycles. The number of aliphatic hydroxyl groups excluding tert-OH is 2. The highest BCUT2D eigenvalue weighted by atomic mass is 16.6. The van der Waals surface area contributed by atoms with Crippen LogP contribution >= 0.6 is 0 Å². The molecular weight excluding hydrogens is 446 g/mol. The van der Waals surface area contributed by atoms with E-state index in [2.05, 4.69) is 26.1 Å². The predicted molar refractivity (Wildman–Crippen MR) is 133 cm³/mol. The van der Waals surface area contributed by atoms with Gasteiger partial charge in [0.1, 0.15) is 6.10 Å². The number of hydrogen-bond acceptors (Lipinski definition) is 5. The van der Waals surface area contributed by atoms with Crippen LogP contribution in [0.15, 0.2) is 0 Å². The number of alkyl carbamates (subject to hydrolysis) is 1. The van der Waals surface area contributed by atoms with Crippen LogP contribution in [0.1, 0.15) is 92.4 Å². The number of carbonyl (C=O) groups is 2. The van der Waals surface area contributed by atoms with Gasteiger partial charge in [-0.3, -0.25) is 4.79 Å². The van der Waals surface area contributed by atoms with Gasteiger partial charge >= 0.3 is 12.1 Å². The third-order valence-corrected chi connectivity index (χ3v) is 11.0. The fourth-order valence-electron chi connectivity index (χ4n) is 9.20. The van der Waals surface area contributed by atoms with Crippen molar-refractivity contribution in [3.8, 4) is 0 Å². The van der Waals surface area contributed by atoms with Gasteiger partial charge in [-0.2, -0.15) is 0 Å². The molecule has 1 amide bonds. The average Bonchev–Trinajstić information content (AvgIpc) is 3.11. The highest BCUT2D eigenvalue weighted by Crippen LogP contribution is 2.68. The zero-order valence-electron chi connectivity index (χ0n) is 22.2. The Morgan fingerprint density at radius 2 is 1.74 bits per heavy atom. The molecule has 7 nitrogen and oxygen atoms in total. The first-order valence-electron chi connectivity index (χ1n) is 13.9. The molecule has 35 heavy (non-hydrogen) atoms. The quantitative estimate of drug-likeness (QED) is 0.430. The maximum absolute atomic E-state index is 12.2. The molecule has 4 N–H and O–H groups in total. The summed E-state index contributed by atoms with van der Waals surface area (Å²) in [6.45, 7) is 10.5. The Balaban J connectivity index is 1.50. The molecule has 0 aromatic carbocycles. The van der Waals surface area contributed by atoms with E-state index in [0.29, 0.717) is 12.8 Å². The van der Waals surface area contributed by atoms with E-state index in [1.807, 2.05) is 13.8 Å². The van der Waals surface area contributed by atoms with E-state index in [-0.39, 0.29) is 71.0 Å². The first kappa shape index (κ1) is 26.7. The number of carbonyl (C=O) groups excluding carboxylic acids is 1. The number of carboxylic acid groups (broad SMARTS) is 1. The monoisotopic (exact) mass is 493 g/mol. The normalized spacial score (nSPS) is 45.7. The molecule has 0 aliphatic heterocycles. The highest BCUT2D eigenvalue weighted by Gasteiger charge is 2.65. The molecule has 11 atom stereocenters. The van der Waals surface area contributed by atoms with Crippen LogP contribution in [0.4, 0.5) is 4.79 Å². The standard InChI is InChI=1S/C28H47NO6/c1-15(2)29-26(34)35-18-10-11-27(4)17(12-18)13-22(30)25-20-8-7-19(16(3)6-9-24(32)33)28(20,5)23(31)14-21(25)27/h15-23,25,30-31H,6-14H2,1-5H3,(H,29,34)(H,32,33)/t16-,17+,18-,19-,20+,21+,22-,23+,25+,27+,28-/m1/s1. The fourth-order valence-corrected chi connectivity index (χ4v) is 9.20. The molecular formula is C28H47NO6. The van der Waals surface area contributed by atoms with Gasteiger partial charge in [0.2, 0.25) is 0 Å². The molecule has 0 spiro atoms. The van der Waals surface area contributed by atoms with Crippen LogP contribution in [-0.2, 0) is 9.53 Å². The lowest BCUT2D eigenvalue weighted by Gasteiger charge is -2.63. The van der Waals surface area contributed by atoms with E-state index in [1.54, 1.807) is 0 Å². The van der Waals surface area contributed by atoms with Gasteiger partial charge in [0.05, 0.1) is 12.2 Å². The van der Waals surface area contributed by atoms with Crippen molar-refractivity contribution >= 4 is 12.1 Å². The van der Waals surface area contributed by atoms with Gasteiger partial charge in [-0.25, -0.2) is 4.79 Å². The Morgan fingerprint density at radius 3 is 2.40 bits per heavy atom. The molecule has 0 heterocycles. The number of carboxylic acids is 1. The minimum Gasteiger partial charge on any atom is -0.481 e. The second-order valence-corrected chi connectivity index (χ2v) is 13.1. The van der Waals surface area contributed by atoms with Crippen molar-refractivity contribution in [1.29, 1.82) is 0 Å². The van der Waals surface area contributed by atoms with Crippen LogP contribution in [0.5, 0.6) is 0 Å². The van der Waals surface area contributed by atoms with E-state index in [0.717, 1.165) is 38.5 Å². The second-order valence-electron chi connectivity index (χ2n) is 13.1. The molecule has 0 saturated heterocycles. The molecule has 4 aliphatic rings. The lowest BCUT2D eigenvalue weighted by Crippen LogP contribution is -2.62. The van der Waals surface area contributed by atoms with Crippen LogP contribution in [0.25, 0.3) is 0 Å². The first-order chi connectivity index (χ1) is 16.4. The zero-order chi connectivity index (χ0) is 25.7. The molecule has 0 radical (unpaired) electrons. The Hall–Kier alpha value is -1.34. The van der Waals surface area contributed by atoms with E-state index in [9.17, 15) is 24.9 Å². The van der Waals surface area contributed by atoms with Gasteiger partial charge in [-0.05, 0) is 112 Å². The number of amides is 1. The number of rotatable bonds is 6. The van der Waals surface area contributed by atoms with Crippen LogP contribution in [0, 0.1) is 46.3 Å². The van der Waals surface area contributed by atoms with Gasteiger partial charge in [0.15, 0.2) is 0 Å². The summed E-state index contributed by atoms with van der Waals surface area (Å²) in [5.74, 6) is 0.708. The number of fused-ring (bicyclic) bond motifs is 5. The van der Waals surface area contributed by atoms with Crippen LogP contribution in [0.2, 0.25) is 0 Å². The van der Waals surface area contributed by atoms with Gasteiger partial charge < -0.3 is 25.4 Å². The first-order valence-corrected chi connectivity index (χ1v) is 13.9. The highest BCUT2D eigenvalue weighted by molar-refractivity contribution is 5.67. The summed E-state index contributed by atoms with van der Waals surface area (Å²) in [7, 11) is 0. The number of hydrogen-bond donors (Lipinski definition) is 4. The lowest BCUT2D eigenvalue weighted by molar-refractivity contribution is -0.207. The van der Waals surface area contributed by atoms with E-state index >= 15 is 0 Å². The molecule has 200 valence electrons. The summed E-state index contributed by atoms with van der Waals surface area (Å²) < 4.78 is 5.73. The smallest absolute Gasteiger partial charge is 0.407 e. The van der Waals surface area contributed by atoms with Crippen LogP contribution in [0.3, 0.4) is 0 Å². The van der Waals surface area contributed by atoms with Crippen LogP contribution in [-0.4, -0.2) is 51.7 Å². The van der Waals surface area contributed by atoms with Crippen molar-refractivity contribution in [3.63, 3.8) is 0 Å². The van der Waals surface area contributed by atoms with Gasteiger partial charge in [-0.1, -0.05) is 20.8 Å². The minimum absolute atomic E-state index is 0.0214. The molecule has 4 saturated carbocycles. The van der Waals surface area contributed by atoms with Gasteiger partial charge in [0, 0.05) is 12.5 Å². The minimum atomic E-state index is -0.760. The van der Waals surface area contributed by atoms with Crippen molar-refractivity contribution in [2.45, 2.75) is 117 Å². The Bertz CT molecular complexity index is 802. The number of aliphatic carboxylic acids is 1. The topological polar surface area (TPSA) is 116 Å². The summed E-state index contributed by atoms with van der Waals surface area (Å²) in [6, 6.07) is 0.0359. The van der Waals surface area contributed by atoms with Gasteiger partial charge in [-0.15, -0.1) is 0 Å². The third kappa shape index (κ3) is 4.72. The summed E-state index contributed by atoms with van der Waals surface area (Å²) in [4.78, 5) is 23.3. The van der Waals surface area contributed by atoms with E-state index in [1.165, 1.54) is 0 Å². The lowest BCUT2D eigenvalue weighted by atomic mass is 9.43. The molecule has 0 unspecified atom stereocenters. The maximum Gasteiger partial charge on any atom is 0.407 e. The fraction of sp³-hybridized carbons (Fsp3) is 0.929. The molecule has 0 aromatic rings. The number of aliphatic hydroxyl groups is 2.